The lowest BCUT2D eigenvalue weighted by atomic mass is 9.99. The maximum absolute atomic E-state index is 3.76. The van der Waals surface area contributed by atoms with Crippen LogP contribution in [0, 0.1) is 12.8 Å². The zero-order chi connectivity index (χ0) is 11.5. The number of hydrogen-bond donors (Lipinski definition) is 1. The van der Waals surface area contributed by atoms with E-state index in [2.05, 4.69) is 38.2 Å². The third-order valence-corrected chi connectivity index (χ3v) is 4.99. The van der Waals surface area contributed by atoms with E-state index < -0.39 is 0 Å². The van der Waals surface area contributed by atoms with E-state index >= 15 is 0 Å². The molecule has 1 saturated carbocycles. The summed E-state index contributed by atoms with van der Waals surface area (Å²) < 4.78 is 0. The molecule has 1 aromatic heterocycles. The molecule has 0 bridgehead atoms. The quantitative estimate of drug-likeness (QED) is 0.824. The van der Waals surface area contributed by atoms with Crippen molar-refractivity contribution in [3.8, 4) is 0 Å². The zero-order valence-electron chi connectivity index (χ0n) is 10.6. The molecule has 0 amide bonds. The fraction of sp³-hybridized carbons (Fsp3) is 0.714. The van der Waals surface area contributed by atoms with Gasteiger partial charge in [0.05, 0.1) is 0 Å². The molecule has 0 spiro atoms. The van der Waals surface area contributed by atoms with E-state index in [0.717, 1.165) is 5.92 Å². The molecule has 0 aliphatic heterocycles. The van der Waals surface area contributed by atoms with Gasteiger partial charge in [0.25, 0.3) is 0 Å². The van der Waals surface area contributed by atoms with Crippen molar-refractivity contribution in [3.05, 3.63) is 21.9 Å². The predicted octanol–water partition coefficient (Wildman–Crippen LogP) is 4.29. The Bertz CT molecular complexity index is 325. The van der Waals surface area contributed by atoms with Crippen molar-refractivity contribution in [2.45, 2.75) is 58.5 Å². The molecule has 1 nitrogen and oxygen atoms in total. The summed E-state index contributed by atoms with van der Waals surface area (Å²) in [7, 11) is 0. The van der Waals surface area contributed by atoms with Gasteiger partial charge in [0.2, 0.25) is 0 Å². The number of aryl methyl sites for hydroxylation is 1. The lowest BCUT2D eigenvalue weighted by molar-refractivity contribution is 0.354. The van der Waals surface area contributed by atoms with Crippen molar-refractivity contribution >= 4 is 11.3 Å². The van der Waals surface area contributed by atoms with Gasteiger partial charge in [0, 0.05) is 21.8 Å². The minimum absolute atomic E-state index is 0.509. The van der Waals surface area contributed by atoms with Crippen molar-refractivity contribution < 1.29 is 0 Å². The van der Waals surface area contributed by atoms with Crippen molar-refractivity contribution in [2.24, 2.45) is 5.92 Å². The van der Waals surface area contributed by atoms with Crippen LogP contribution in [0.2, 0.25) is 0 Å². The average molecular weight is 237 g/mol. The van der Waals surface area contributed by atoms with Crippen molar-refractivity contribution in [2.75, 3.05) is 0 Å². The Kier molecular flexibility index (Phi) is 4.04. The molecule has 1 fully saturated rings. The Balaban J connectivity index is 1.88. The van der Waals surface area contributed by atoms with Gasteiger partial charge in [-0.3, -0.25) is 0 Å². The summed E-state index contributed by atoms with van der Waals surface area (Å²) >= 11 is 1.92. The van der Waals surface area contributed by atoms with Crippen LogP contribution < -0.4 is 5.32 Å². The molecule has 0 radical (unpaired) electrons. The van der Waals surface area contributed by atoms with E-state index in [1.54, 1.807) is 0 Å². The van der Waals surface area contributed by atoms with E-state index in [4.69, 9.17) is 0 Å². The largest absolute Gasteiger partial charge is 0.307 e. The molecule has 1 aromatic rings. The van der Waals surface area contributed by atoms with Crippen molar-refractivity contribution in [1.29, 1.82) is 0 Å². The average Bonchev–Trinajstić information content (AvgIpc) is 2.87. The summed E-state index contributed by atoms with van der Waals surface area (Å²) in [5.41, 5.74) is 0. The highest BCUT2D eigenvalue weighted by molar-refractivity contribution is 7.12. The standard InChI is InChI=1S/C14H23NS/c1-10-8-9-14(16-10)12(3)15-11(2)13-6-4-5-7-13/h8-9,11-13,15H,4-7H2,1-3H3. The van der Waals surface area contributed by atoms with Gasteiger partial charge in [0.1, 0.15) is 0 Å². The van der Waals surface area contributed by atoms with Crippen LogP contribution in [0.1, 0.15) is 55.3 Å². The van der Waals surface area contributed by atoms with Gasteiger partial charge >= 0.3 is 0 Å². The maximum Gasteiger partial charge on any atom is 0.0388 e. The molecule has 2 unspecified atom stereocenters. The maximum atomic E-state index is 3.76. The van der Waals surface area contributed by atoms with Gasteiger partial charge in [-0.05, 0) is 51.7 Å². The number of rotatable bonds is 4. The highest BCUT2D eigenvalue weighted by atomic mass is 32.1. The molecule has 1 aliphatic rings. The topological polar surface area (TPSA) is 12.0 Å². The summed E-state index contributed by atoms with van der Waals surface area (Å²) in [5.74, 6) is 0.906. The van der Waals surface area contributed by atoms with Crippen LogP contribution in [0.3, 0.4) is 0 Å². The molecule has 90 valence electrons. The molecule has 1 aliphatic carbocycles. The zero-order valence-corrected chi connectivity index (χ0v) is 11.4. The number of thiophene rings is 1. The Morgan fingerprint density at radius 3 is 2.50 bits per heavy atom. The Morgan fingerprint density at radius 2 is 1.94 bits per heavy atom. The second kappa shape index (κ2) is 5.33. The van der Waals surface area contributed by atoms with Crippen LogP contribution in [0.5, 0.6) is 0 Å². The normalized spacial score (nSPS) is 21.2. The van der Waals surface area contributed by atoms with Crippen LogP contribution in [-0.4, -0.2) is 6.04 Å². The fourth-order valence-electron chi connectivity index (χ4n) is 2.76. The molecule has 0 aromatic carbocycles. The molecule has 0 saturated heterocycles. The monoisotopic (exact) mass is 237 g/mol. The van der Waals surface area contributed by atoms with Gasteiger partial charge in [-0.15, -0.1) is 11.3 Å². The summed E-state index contributed by atoms with van der Waals surface area (Å²) in [5, 5.41) is 3.76. The van der Waals surface area contributed by atoms with Crippen molar-refractivity contribution in [1.82, 2.24) is 5.32 Å². The molecule has 2 heteroatoms. The van der Waals surface area contributed by atoms with E-state index in [1.165, 1.54) is 35.4 Å². The fourth-order valence-corrected chi connectivity index (χ4v) is 3.64. The van der Waals surface area contributed by atoms with E-state index in [-0.39, 0.29) is 0 Å². The lowest BCUT2D eigenvalue weighted by Crippen LogP contribution is -2.33. The summed E-state index contributed by atoms with van der Waals surface area (Å²) in [6.07, 6.45) is 5.71. The first-order valence-corrected chi connectivity index (χ1v) is 7.31. The van der Waals surface area contributed by atoms with Gasteiger partial charge in [-0.2, -0.15) is 0 Å². The van der Waals surface area contributed by atoms with Gasteiger partial charge in [-0.25, -0.2) is 0 Å². The molecule has 2 rings (SSSR count). The van der Waals surface area contributed by atoms with Crippen molar-refractivity contribution in [3.63, 3.8) is 0 Å². The smallest absolute Gasteiger partial charge is 0.0388 e. The van der Waals surface area contributed by atoms with Crippen LogP contribution >= 0.6 is 11.3 Å². The molecule has 1 heterocycles. The first-order chi connectivity index (χ1) is 7.66. The highest BCUT2D eigenvalue weighted by Crippen LogP contribution is 2.29. The first kappa shape index (κ1) is 12.1. The third kappa shape index (κ3) is 2.86. The minimum atomic E-state index is 0.509. The first-order valence-electron chi connectivity index (χ1n) is 6.49. The second-order valence-electron chi connectivity index (χ2n) is 5.17. The number of nitrogens with one attached hydrogen (secondary N) is 1. The molecule has 2 atom stereocenters. The highest BCUT2D eigenvalue weighted by Gasteiger charge is 2.22. The molecule has 1 N–H and O–H groups in total. The summed E-state index contributed by atoms with van der Waals surface area (Å²) in [6.45, 7) is 6.82. The SMILES string of the molecule is Cc1ccc(C(C)NC(C)C2CCCC2)s1. The molecular formula is C14H23NS. The van der Waals surface area contributed by atoms with Gasteiger partial charge in [0.15, 0.2) is 0 Å². The number of hydrogen-bond acceptors (Lipinski definition) is 2. The van der Waals surface area contributed by atoms with Crippen LogP contribution in [0.4, 0.5) is 0 Å². The third-order valence-electron chi connectivity index (χ3n) is 3.81. The van der Waals surface area contributed by atoms with Gasteiger partial charge in [-0.1, -0.05) is 12.8 Å². The predicted molar refractivity (Wildman–Crippen MR) is 72.0 cm³/mol. The van der Waals surface area contributed by atoms with E-state index in [9.17, 15) is 0 Å². The van der Waals surface area contributed by atoms with Crippen LogP contribution in [-0.2, 0) is 0 Å². The summed E-state index contributed by atoms with van der Waals surface area (Å²) in [4.78, 5) is 2.89. The molecule has 16 heavy (non-hydrogen) atoms. The van der Waals surface area contributed by atoms with Crippen LogP contribution in [0.15, 0.2) is 12.1 Å². The summed E-state index contributed by atoms with van der Waals surface area (Å²) in [6, 6.07) is 5.66. The molecular weight excluding hydrogens is 214 g/mol. The lowest BCUT2D eigenvalue weighted by Gasteiger charge is -2.24. The Labute approximate surface area is 103 Å². The Hall–Kier alpha value is -0.340. The minimum Gasteiger partial charge on any atom is -0.307 e. The van der Waals surface area contributed by atoms with Gasteiger partial charge < -0.3 is 5.32 Å². The Morgan fingerprint density at radius 1 is 1.25 bits per heavy atom. The van der Waals surface area contributed by atoms with E-state index in [1.807, 2.05) is 11.3 Å². The van der Waals surface area contributed by atoms with E-state index in [0.29, 0.717) is 12.1 Å². The second-order valence-corrected chi connectivity index (χ2v) is 6.49. The van der Waals surface area contributed by atoms with Crippen LogP contribution in [0.25, 0.3) is 0 Å².